The third kappa shape index (κ3) is 3.79. The van der Waals surface area contributed by atoms with Crippen LogP contribution < -0.4 is 11.1 Å². The van der Waals surface area contributed by atoms with E-state index < -0.39 is 0 Å². The minimum absolute atomic E-state index is 0.535. The largest absolute Gasteiger partial charge is 0.330 e. The van der Waals surface area contributed by atoms with Crippen LogP contribution in [0.4, 0.5) is 0 Å². The third-order valence-corrected chi connectivity index (χ3v) is 4.62. The first-order valence-electron chi connectivity index (χ1n) is 5.79. The molecule has 0 aromatic rings. The van der Waals surface area contributed by atoms with Gasteiger partial charge in [0.1, 0.15) is 0 Å². The zero-order valence-electron chi connectivity index (χ0n) is 9.35. The average Bonchev–Trinajstić information content (AvgIpc) is 2.26. The van der Waals surface area contributed by atoms with E-state index in [0.29, 0.717) is 4.75 Å². The molecule has 1 aliphatic rings. The molecule has 1 saturated carbocycles. The molecule has 0 unspecified atom stereocenters. The summed E-state index contributed by atoms with van der Waals surface area (Å²) in [6.45, 7) is 3.06. The molecular formula is C11H24N2S. The normalized spacial score (nSPS) is 21.0. The van der Waals surface area contributed by atoms with E-state index in [1.165, 1.54) is 38.6 Å². The van der Waals surface area contributed by atoms with Crippen molar-refractivity contribution in [1.29, 1.82) is 0 Å². The van der Waals surface area contributed by atoms with E-state index in [9.17, 15) is 0 Å². The van der Waals surface area contributed by atoms with Crippen LogP contribution in [-0.4, -0.2) is 30.6 Å². The van der Waals surface area contributed by atoms with Crippen LogP contribution in [0.25, 0.3) is 0 Å². The van der Waals surface area contributed by atoms with Gasteiger partial charge in [-0.3, -0.25) is 0 Å². The SMILES string of the molecule is CSC1(CNCCCN)CCCCC1. The Labute approximate surface area is 92.4 Å². The summed E-state index contributed by atoms with van der Waals surface area (Å²) >= 11 is 2.06. The lowest BCUT2D eigenvalue weighted by molar-refractivity contribution is 0.379. The van der Waals surface area contributed by atoms with E-state index in [4.69, 9.17) is 5.73 Å². The molecule has 84 valence electrons. The van der Waals surface area contributed by atoms with Crippen LogP contribution >= 0.6 is 11.8 Å². The molecule has 1 aliphatic carbocycles. The molecule has 0 bridgehead atoms. The second-order valence-electron chi connectivity index (χ2n) is 4.27. The number of thioether (sulfide) groups is 1. The van der Waals surface area contributed by atoms with E-state index in [0.717, 1.165) is 19.5 Å². The van der Waals surface area contributed by atoms with Gasteiger partial charge in [0.2, 0.25) is 0 Å². The minimum Gasteiger partial charge on any atom is -0.330 e. The molecule has 0 atom stereocenters. The number of hydrogen-bond acceptors (Lipinski definition) is 3. The highest BCUT2D eigenvalue weighted by Gasteiger charge is 2.30. The van der Waals surface area contributed by atoms with Crippen LogP contribution in [0, 0.1) is 0 Å². The molecule has 2 nitrogen and oxygen atoms in total. The molecule has 0 aliphatic heterocycles. The topological polar surface area (TPSA) is 38.0 Å². The first-order valence-corrected chi connectivity index (χ1v) is 7.01. The van der Waals surface area contributed by atoms with Crippen LogP contribution in [0.3, 0.4) is 0 Å². The van der Waals surface area contributed by atoms with Gasteiger partial charge in [-0.1, -0.05) is 19.3 Å². The molecule has 0 spiro atoms. The summed E-state index contributed by atoms with van der Waals surface area (Å²) in [5.41, 5.74) is 5.47. The Morgan fingerprint density at radius 3 is 2.57 bits per heavy atom. The summed E-state index contributed by atoms with van der Waals surface area (Å²) in [6.07, 6.45) is 10.4. The maximum Gasteiger partial charge on any atom is 0.0281 e. The van der Waals surface area contributed by atoms with Crippen molar-refractivity contribution in [1.82, 2.24) is 5.32 Å². The van der Waals surface area contributed by atoms with Crippen molar-refractivity contribution in [2.45, 2.75) is 43.3 Å². The van der Waals surface area contributed by atoms with E-state index in [2.05, 4.69) is 23.3 Å². The predicted octanol–water partition coefficient (Wildman–Crippen LogP) is 1.99. The van der Waals surface area contributed by atoms with E-state index in [-0.39, 0.29) is 0 Å². The first kappa shape index (κ1) is 12.3. The molecule has 1 fully saturated rings. The van der Waals surface area contributed by atoms with Gasteiger partial charge in [0.15, 0.2) is 0 Å². The maximum absolute atomic E-state index is 5.47. The van der Waals surface area contributed by atoms with Crippen molar-refractivity contribution in [2.24, 2.45) is 5.73 Å². The van der Waals surface area contributed by atoms with Gasteiger partial charge in [0.05, 0.1) is 0 Å². The van der Waals surface area contributed by atoms with Crippen LogP contribution in [-0.2, 0) is 0 Å². The number of nitrogens with two attached hydrogens (primary N) is 1. The van der Waals surface area contributed by atoms with Crippen molar-refractivity contribution in [3.05, 3.63) is 0 Å². The molecule has 14 heavy (non-hydrogen) atoms. The second-order valence-corrected chi connectivity index (χ2v) is 5.54. The highest BCUT2D eigenvalue weighted by Crippen LogP contribution is 2.37. The lowest BCUT2D eigenvalue weighted by Gasteiger charge is -2.36. The second kappa shape index (κ2) is 6.70. The Bertz CT molecular complexity index is 144. The van der Waals surface area contributed by atoms with Gasteiger partial charge in [0, 0.05) is 11.3 Å². The average molecular weight is 216 g/mol. The predicted molar refractivity (Wildman–Crippen MR) is 65.9 cm³/mol. The standard InChI is InChI=1S/C11H24N2S/c1-14-11(6-3-2-4-7-11)10-13-9-5-8-12/h13H,2-10,12H2,1H3. The van der Waals surface area contributed by atoms with Crippen molar-refractivity contribution in [3.63, 3.8) is 0 Å². The van der Waals surface area contributed by atoms with Crippen molar-refractivity contribution < 1.29 is 0 Å². The molecule has 0 aromatic heterocycles. The van der Waals surface area contributed by atoms with E-state index in [1.54, 1.807) is 0 Å². The molecule has 0 aromatic carbocycles. The first-order chi connectivity index (χ1) is 6.83. The van der Waals surface area contributed by atoms with Crippen LogP contribution in [0.2, 0.25) is 0 Å². The minimum atomic E-state index is 0.535. The summed E-state index contributed by atoms with van der Waals surface area (Å²) in [5, 5.41) is 3.55. The van der Waals surface area contributed by atoms with Crippen molar-refractivity contribution in [2.75, 3.05) is 25.9 Å². The fraction of sp³-hybridized carbons (Fsp3) is 1.00. The molecule has 0 amide bonds. The number of nitrogens with one attached hydrogen (secondary N) is 1. The van der Waals surface area contributed by atoms with Gasteiger partial charge in [-0.25, -0.2) is 0 Å². The lowest BCUT2D eigenvalue weighted by atomic mass is 9.88. The summed E-state index contributed by atoms with van der Waals surface area (Å²) < 4.78 is 0.535. The summed E-state index contributed by atoms with van der Waals surface area (Å²) in [5.74, 6) is 0. The third-order valence-electron chi connectivity index (χ3n) is 3.20. The zero-order valence-corrected chi connectivity index (χ0v) is 10.2. The Morgan fingerprint density at radius 2 is 2.00 bits per heavy atom. The summed E-state index contributed by atoms with van der Waals surface area (Å²) in [7, 11) is 0. The smallest absolute Gasteiger partial charge is 0.0281 e. The Balaban J connectivity index is 2.22. The van der Waals surface area contributed by atoms with Crippen LogP contribution in [0.1, 0.15) is 38.5 Å². The van der Waals surface area contributed by atoms with Crippen LogP contribution in [0.15, 0.2) is 0 Å². The quantitative estimate of drug-likeness (QED) is 0.667. The molecule has 3 N–H and O–H groups in total. The fourth-order valence-corrected chi connectivity index (χ4v) is 3.14. The molecule has 0 heterocycles. The summed E-state index contributed by atoms with van der Waals surface area (Å²) in [6, 6.07) is 0. The van der Waals surface area contributed by atoms with Gasteiger partial charge in [-0.15, -0.1) is 0 Å². The summed E-state index contributed by atoms with van der Waals surface area (Å²) in [4.78, 5) is 0. The van der Waals surface area contributed by atoms with Gasteiger partial charge < -0.3 is 11.1 Å². The highest BCUT2D eigenvalue weighted by atomic mass is 32.2. The van der Waals surface area contributed by atoms with E-state index in [1.807, 2.05) is 0 Å². The Hall–Kier alpha value is 0.270. The van der Waals surface area contributed by atoms with E-state index >= 15 is 0 Å². The molecule has 3 heteroatoms. The molecule has 0 radical (unpaired) electrons. The van der Waals surface area contributed by atoms with Crippen molar-refractivity contribution in [3.8, 4) is 0 Å². The van der Waals surface area contributed by atoms with Gasteiger partial charge in [0.25, 0.3) is 0 Å². The molecular weight excluding hydrogens is 192 g/mol. The zero-order chi connectivity index (χ0) is 10.3. The van der Waals surface area contributed by atoms with Crippen LogP contribution in [0.5, 0.6) is 0 Å². The maximum atomic E-state index is 5.47. The Morgan fingerprint density at radius 1 is 1.29 bits per heavy atom. The molecule has 0 saturated heterocycles. The monoisotopic (exact) mass is 216 g/mol. The Kier molecular flexibility index (Phi) is 5.90. The van der Waals surface area contributed by atoms with Gasteiger partial charge in [-0.2, -0.15) is 11.8 Å². The van der Waals surface area contributed by atoms with Gasteiger partial charge in [-0.05, 0) is 38.6 Å². The fourth-order valence-electron chi connectivity index (χ4n) is 2.19. The lowest BCUT2D eigenvalue weighted by Crippen LogP contribution is -2.39. The van der Waals surface area contributed by atoms with Crippen molar-refractivity contribution >= 4 is 11.8 Å². The number of hydrogen-bond donors (Lipinski definition) is 2. The number of rotatable bonds is 6. The molecule has 1 rings (SSSR count). The highest BCUT2D eigenvalue weighted by molar-refractivity contribution is 8.00. The van der Waals surface area contributed by atoms with Gasteiger partial charge >= 0.3 is 0 Å².